The number of allylic oxidation sites excluding steroid dienone is 2. The lowest BCUT2D eigenvalue weighted by atomic mass is 10.1. The van der Waals surface area contributed by atoms with E-state index in [2.05, 4.69) is 28.9 Å². The summed E-state index contributed by atoms with van der Waals surface area (Å²) in [7, 11) is 0. The number of hydrogen-bond donors (Lipinski definition) is 1. The highest BCUT2D eigenvalue weighted by atomic mass is 79.9. The molecule has 0 aliphatic heterocycles. The van der Waals surface area contributed by atoms with Crippen molar-refractivity contribution in [3.8, 4) is 5.75 Å². The molecule has 0 radical (unpaired) electrons. The molecule has 0 saturated carbocycles. The van der Waals surface area contributed by atoms with Crippen molar-refractivity contribution in [2.24, 2.45) is 0 Å². The van der Waals surface area contributed by atoms with E-state index in [4.69, 9.17) is 0 Å². The molecule has 1 aromatic carbocycles. The number of hydrogen-bond acceptors (Lipinski definition) is 1. The number of halogens is 1. The van der Waals surface area contributed by atoms with Crippen molar-refractivity contribution in [3.63, 3.8) is 0 Å². The molecule has 0 aliphatic carbocycles. The zero-order chi connectivity index (χ0) is 9.84. The molecule has 0 saturated heterocycles. The molecule has 70 valence electrons. The molecule has 0 heterocycles. The van der Waals surface area contributed by atoms with Crippen molar-refractivity contribution in [2.75, 3.05) is 0 Å². The van der Waals surface area contributed by atoms with Crippen LogP contribution in [0.2, 0.25) is 0 Å². The molecule has 0 bridgehead atoms. The van der Waals surface area contributed by atoms with Crippen molar-refractivity contribution in [1.29, 1.82) is 0 Å². The molecular formula is C11H13BrO. The molecule has 0 aliphatic rings. The number of aromatic hydroxyl groups is 1. The first kappa shape index (κ1) is 10.3. The number of phenolic OH excluding ortho intramolecular Hbond substituents is 1. The summed E-state index contributed by atoms with van der Waals surface area (Å²) < 4.78 is 1.00. The Morgan fingerprint density at radius 1 is 1.54 bits per heavy atom. The third kappa shape index (κ3) is 2.88. The van der Waals surface area contributed by atoms with Crippen LogP contribution in [0.25, 0.3) is 0 Å². The van der Waals surface area contributed by atoms with Crippen LogP contribution in [0.1, 0.15) is 19.4 Å². The fourth-order valence-corrected chi connectivity index (χ4v) is 1.51. The zero-order valence-corrected chi connectivity index (χ0v) is 9.43. The van der Waals surface area contributed by atoms with E-state index in [1.165, 1.54) is 5.57 Å². The van der Waals surface area contributed by atoms with Gasteiger partial charge in [0.1, 0.15) is 5.75 Å². The monoisotopic (exact) mass is 240 g/mol. The van der Waals surface area contributed by atoms with Crippen molar-refractivity contribution in [3.05, 3.63) is 39.9 Å². The minimum absolute atomic E-state index is 0.365. The third-order valence-corrected chi connectivity index (χ3v) is 2.50. The maximum Gasteiger partial charge on any atom is 0.119 e. The summed E-state index contributed by atoms with van der Waals surface area (Å²) in [5.74, 6) is 0.365. The molecule has 1 nitrogen and oxygen atoms in total. The van der Waals surface area contributed by atoms with Crippen LogP contribution in [0.4, 0.5) is 0 Å². The second-order valence-corrected chi connectivity index (χ2v) is 4.00. The van der Waals surface area contributed by atoms with Gasteiger partial charge in [-0.2, -0.15) is 0 Å². The van der Waals surface area contributed by atoms with E-state index in [0.29, 0.717) is 5.75 Å². The van der Waals surface area contributed by atoms with Crippen LogP contribution < -0.4 is 0 Å². The van der Waals surface area contributed by atoms with E-state index in [1.807, 2.05) is 19.1 Å². The molecule has 0 atom stereocenters. The summed E-state index contributed by atoms with van der Waals surface area (Å²) in [5, 5.41) is 9.53. The lowest BCUT2D eigenvalue weighted by Gasteiger charge is -2.04. The van der Waals surface area contributed by atoms with Crippen LogP contribution in [0, 0.1) is 0 Å². The lowest BCUT2D eigenvalue weighted by molar-refractivity contribution is 0.469. The summed E-state index contributed by atoms with van der Waals surface area (Å²) >= 11 is 3.38. The van der Waals surface area contributed by atoms with Crippen LogP contribution in [0.5, 0.6) is 5.75 Å². The number of phenols is 1. The normalized spacial score (nSPS) is 11.8. The van der Waals surface area contributed by atoms with Gasteiger partial charge in [-0.1, -0.05) is 27.6 Å². The fourth-order valence-electron chi connectivity index (χ4n) is 1.10. The van der Waals surface area contributed by atoms with Crippen molar-refractivity contribution in [1.82, 2.24) is 0 Å². The molecular weight excluding hydrogens is 228 g/mol. The van der Waals surface area contributed by atoms with Gasteiger partial charge in [-0.3, -0.25) is 0 Å². The Bertz CT molecular complexity index is 329. The Hall–Kier alpha value is -0.760. The predicted molar refractivity (Wildman–Crippen MR) is 58.9 cm³/mol. The maximum absolute atomic E-state index is 9.53. The summed E-state index contributed by atoms with van der Waals surface area (Å²) in [4.78, 5) is 0. The van der Waals surface area contributed by atoms with Gasteiger partial charge in [-0.05, 0) is 44.0 Å². The standard InChI is InChI=1S/C11H13BrO/c1-3-8(2)6-9-7-10(12)4-5-11(9)13/h3-5,7,13H,6H2,1-2H3/b8-3+. The van der Waals surface area contributed by atoms with Crippen LogP contribution in [0.3, 0.4) is 0 Å². The Labute approximate surface area is 87.2 Å². The van der Waals surface area contributed by atoms with Crippen molar-refractivity contribution >= 4 is 15.9 Å². The summed E-state index contributed by atoms with van der Waals surface area (Å²) in [6.07, 6.45) is 2.86. The minimum Gasteiger partial charge on any atom is -0.508 e. The maximum atomic E-state index is 9.53. The van der Waals surface area contributed by atoms with Crippen LogP contribution in [0.15, 0.2) is 34.3 Å². The van der Waals surface area contributed by atoms with E-state index < -0.39 is 0 Å². The Morgan fingerprint density at radius 3 is 2.85 bits per heavy atom. The summed E-state index contributed by atoms with van der Waals surface area (Å²) in [6.45, 7) is 4.06. The highest BCUT2D eigenvalue weighted by molar-refractivity contribution is 9.10. The lowest BCUT2D eigenvalue weighted by Crippen LogP contribution is -1.87. The SMILES string of the molecule is C/C=C(\C)Cc1cc(Br)ccc1O. The van der Waals surface area contributed by atoms with E-state index >= 15 is 0 Å². The van der Waals surface area contributed by atoms with Crippen LogP contribution in [-0.2, 0) is 6.42 Å². The number of benzene rings is 1. The Morgan fingerprint density at radius 2 is 2.23 bits per heavy atom. The van der Waals surface area contributed by atoms with Gasteiger partial charge in [-0.25, -0.2) is 0 Å². The Kier molecular flexibility index (Phi) is 3.55. The molecule has 0 fully saturated rings. The van der Waals surface area contributed by atoms with Gasteiger partial charge in [0.05, 0.1) is 0 Å². The fraction of sp³-hybridized carbons (Fsp3) is 0.273. The molecule has 1 aromatic rings. The molecule has 0 spiro atoms. The average molecular weight is 241 g/mol. The first-order valence-corrected chi connectivity index (χ1v) is 5.02. The first-order valence-electron chi connectivity index (χ1n) is 4.22. The molecule has 2 heteroatoms. The van der Waals surface area contributed by atoms with E-state index in [0.717, 1.165) is 16.5 Å². The van der Waals surface area contributed by atoms with Gasteiger partial charge in [0, 0.05) is 4.47 Å². The molecule has 0 unspecified atom stereocenters. The second-order valence-electron chi connectivity index (χ2n) is 3.08. The van der Waals surface area contributed by atoms with E-state index in [-0.39, 0.29) is 0 Å². The Balaban J connectivity index is 2.94. The molecule has 1 rings (SSSR count). The van der Waals surface area contributed by atoms with Gasteiger partial charge in [0.15, 0.2) is 0 Å². The van der Waals surface area contributed by atoms with E-state index in [9.17, 15) is 5.11 Å². The molecule has 13 heavy (non-hydrogen) atoms. The summed E-state index contributed by atoms with van der Waals surface area (Å²) in [5.41, 5.74) is 2.22. The number of rotatable bonds is 2. The zero-order valence-electron chi connectivity index (χ0n) is 7.84. The van der Waals surface area contributed by atoms with Gasteiger partial charge in [0.25, 0.3) is 0 Å². The largest absolute Gasteiger partial charge is 0.508 e. The first-order chi connectivity index (χ1) is 6.13. The molecule has 1 N–H and O–H groups in total. The van der Waals surface area contributed by atoms with Gasteiger partial charge < -0.3 is 5.11 Å². The van der Waals surface area contributed by atoms with Crippen molar-refractivity contribution in [2.45, 2.75) is 20.3 Å². The quantitative estimate of drug-likeness (QED) is 0.783. The highest BCUT2D eigenvalue weighted by Gasteiger charge is 2.01. The van der Waals surface area contributed by atoms with E-state index in [1.54, 1.807) is 6.07 Å². The minimum atomic E-state index is 0.365. The average Bonchev–Trinajstić information content (AvgIpc) is 2.11. The topological polar surface area (TPSA) is 20.2 Å². The highest BCUT2D eigenvalue weighted by Crippen LogP contribution is 2.23. The van der Waals surface area contributed by atoms with Crippen LogP contribution in [-0.4, -0.2) is 5.11 Å². The van der Waals surface area contributed by atoms with Gasteiger partial charge in [0.2, 0.25) is 0 Å². The predicted octanol–water partition coefficient (Wildman–Crippen LogP) is 3.66. The van der Waals surface area contributed by atoms with Gasteiger partial charge >= 0.3 is 0 Å². The smallest absolute Gasteiger partial charge is 0.119 e. The third-order valence-electron chi connectivity index (χ3n) is 2.00. The second kappa shape index (κ2) is 4.47. The van der Waals surface area contributed by atoms with Gasteiger partial charge in [-0.15, -0.1) is 0 Å². The summed E-state index contributed by atoms with van der Waals surface area (Å²) in [6, 6.07) is 5.49. The molecule has 0 aromatic heterocycles. The van der Waals surface area contributed by atoms with Crippen LogP contribution >= 0.6 is 15.9 Å². The molecule has 0 amide bonds. The van der Waals surface area contributed by atoms with Crippen molar-refractivity contribution < 1.29 is 5.11 Å².